The molecule has 3 aromatic rings. The van der Waals surface area contributed by atoms with Crippen LogP contribution in [-0.2, 0) is 0 Å². The molecule has 1 aromatic heterocycles. The zero-order chi connectivity index (χ0) is 16.8. The number of aromatic amines is 1. The van der Waals surface area contributed by atoms with Crippen molar-refractivity contribution in [3.63, 3.8) is 0 Å². The standard InChI is InChI=1S/C22H21N3/c1-15-10-13-22(24-15)25-20-9-5-2-6-16(20)11-12-21(25)18-14-23-19-8-4-3-7-17(18)19/h2-9,11-12,14-15,21,23H,10,13H2,1H3. The van der Waals surface area contributed by atoms with E-state index in [2.05, 4.69) is 83.7 Å². The van der Waals surface area contributed by atoms with Gasteiger partial charge >= 0.3 is 0 Å². The lowest BCUT2D eigenvalue weighted by atomic mass is 9.96. The third-order valence-corrected chi connectivity index (χ3v) is 5.31. The Morgan fingerprint density at radius 2 is 1.92 bits per heavy atom. The first kappa shape index (κ1) is 14.5. The highest BCUT2D eigenvalue weighted by Gasteiger charge is 2.31. The molecular formula is C22H21N3. The van der Waals surface area contributed by atoms with Gasteiger partial charge in [-0.25, -0.2) is 0 Å². The van der Waals surface area contributed by atoms with Crippen LogP contribution >= 0.6 is 0 Å². The Morgan fingerprint density at radius 3 is 2.80 bits per heavy atom. The molecule has 2 unspecified atom stereocenters. The number of amidine groups is 1. The van der Waals surface area contributed by atoms with E-state index in [1.807, 2.05) is 0 Å². The molecule has 0 bridgehead atoms. The number of para-hydroxylation sites is 2. The number of hydrogen-bond acceptors (Lipinski definition) is 2. The molecule has 0 saturated heterocycles. The molecule has 2 aromatic carbocycles. The molecule has 5 rings (SSSR count). The third-order valence-electron chi connectivity index (χ3n) is 5.31. The average Bonchev–Trinajstić information content (AvgIpc) is 3.27. The second-order valence-corrected chi connectivity index (χ2v) is 6.96. The second kappa shape index (κ2) is 5.62. The molecule has 0 aliphatic carbocycles. The zero-order valence-electron chi connectivity index (χ0n) is 14.3. The minimum atomic E-state index is 0.176. The van der Waals surface area contributed by atoms with Crippen LogP contribution in [0.25, 0.3) is 17.0 Å². The first-order valence-electron chi connectivity index (χ1n) is 9.00. The smallest absolute Gasteiger partial charge is 0.105 e. The Kier molecular flexibility index (Phi) is 3.27. The van der Waals surface area contributed by atoms with Gasteiger partial charge in [-0.1, -0.05) is 48.6 Å². The molecule has 2 aliphatic rings. The molecule has 2 aliphatic heterocycles. The molecule has 0 radical (unpaired) electrons. The molecule has 0 spiro atoms. The first-order valence-corrected chi connectivity index (χ1v) is 9.00. The van der Waals surface area contributed by atoms with Gasteiger partial charge < -0.3 is 9.88 Å². The fourth-order valence-corrected chi connectivity index (χ4v) is 4.06. The van der Waals surface area contributed by atoms with Crippen LogP contribution in [0.3, 0.4) is 0 Å². The van der Waals surface area contributed by atoms with E-state index in [9.17, 15) is 0 Å². The van der Waals surface area contributed by atoms with Crippen molar-refractivity contribution < 1.29 is 0 Å². The summed E-state index contributed by atoms with van der Waals surface area (Å²) in [6, 6.07) is 17.7. The molecule has 2 atom stereocenters. The molecule has 0 saturated carbocycles. The van der Waals surface area contributed by atoms with Crippen LogP contribution in [0.4, 0.5) is 5.69 Å². The van der Waals surface area contributed by atoms with E-state index in [4.69, 9.17) is 4.99 Å². The fourth-order valence-electron chi connectivity index (χ4n) is 4.06. The van der Waals surface area contributed by atoms with Crippen molar-refractivity contribution in [2.24, 2.45) is 4.99 Å². The van der Waals surface area contributed by atoms with E-state index < -0.39 is 0 Å². The van der Waals surface area contributed by atoms with E-state index in [0.717, 1.165) is 12.8 Å². The Hall–Kier alpha value is -2.81. The lowest BCUT2D eigenvalue weighted by Gasteiger charge is -2.35. The summed E-state index contributed by atoms with van der Waals surface area (Å²) in [7, 11) is 0. The van der Waals surface area contributed by atoms with Crippen molar-refractivity contribution in [2.75, 3.05) is 4.90 Å². The summed E-state index contributed by atoms with van der Waals surface area (Å²) in [5, 5.41) is 1.29. The van der Waals surface area contributed by atoms with E-state index in [-0.39, 0.29) is 6.04 Å². The van der Waals surface area contributed by atoms with Gasteiger partial charge in [0.15, 0.2) is 0 Å². The highest BCUT2D eigenvalue weighted by molar-refractivity contribution is 6.03. The number of fused-ring (bicyclic) bond motifs is 2. The van der Waals surface area contributed by atoms with Gasteiger partial charge in [-0.15, -0.1) is 0 Å². The number of H-pyrrole nitrogens is 1. The van der Waals surface area contributed by atoms with Crippen LogP contribution in [-0.4, -0.2) is 16.9 Å². The van der Waals surface area contributed by atoms with Crippen molar-refractivity contribution in [2.45, 2.75) is 31.8 Å². The number of nitrogens with one attached hydrogen (secondary N) is 1. The topological polar surface area (TPSA) is 31.4 Å². The maximum Gasteiger partial charge on any atom is 0.105 e. The van der Waals surface area contributed by atoms with E-state index in [1.165, 1.54) is 33.6 Å². The Labute approximate surface area is 147 Å². The van der Waals surface area contributed by atoms with E-state index in [0.29, 0.717) is 6.04 Å². The molecule has 3 nitrogen and oxygen atoms in total. The Morgan fingerprint density at radius 1 is 1.08 bits per heavy atom. The molecule has 25 heavy (non-hydrogen) atoms. The molecule has 3 heteroatoms. The van der Waals surface area contributed by atoms with Crippen LogP contribution in [0.1, 0.15) is 36.9 Å². The van der Waals surface area contributed by atoms with Gasteiger partial charge in [0.05, 0.1) is 11.7 Å². The lowest BCUT2D eigenvalue weighted by molar-refractivity contribution is 0.738. The van der Waals surface area contributed by atoms with Gasteiger partial charge in [0.1, 0.15) is 5.84 Å². The number of hydrogen-bond donors (Lipinski definition) is 1. The van der Waals surface area contributed by atoms with Crippen LogP contribution in [0.2, 0.25) is 0 Å². The number of aliphatic imine (C=N–C) groups is 1. The van der Waals surface area contributed by atoms with E-state index in [1.54, 1.807) is 0 Å². The third kappa shape index (κ3) is 2.30. The number of benzene rings is 2. The summed E-state index contributed by atoms with van der Waals surface area (Å²) in [6.45, 7) is 2.21. The number of nitrogens with zero attached hydrogens (tertiary/aromatic N) is 2. The zero-order valence-corrected chi connectivity index (χ0v) is 14.3. The number of anilines is 1. The summed E-state index contributed by atoms with van der Waals surface area (Å²) in [4.78, 5) is 10.8. The highest BCUT2D eigenvalue weighted by atomic mass is 15.2. The maximum atomic E-state index is 4.95. The monoisotopic (exact) mass is 327 g/mol. The summed E-state index contributed by atoms with van der Waals surface area (Å²) in [5.74, 6) is 1.21. The number of rotatable bonds is 1. The highest BCUT2D eigenvalue weighted by Crippen LogP contribution is 2.40. The predicted molar refractivity (Wildman–Crippen MR) is 105 cm³/mol. The first-order chi connectivity index (χ1) is 12.3. The number of aromatic nitrogens is 1. The van der Waals surface area contributed by atoms with Crippen molar-refractivity contribution in [1.29, 1.82) is 0 Å². The Bertz CT molecular complexity index is 995. The largest absolute Gasteiger partial charge is 0.361 e. The molecule has 0 fully saturated rings. The van der Waals surface area contributed by atoms with Gasteiger partial charge in [-0.3, -0.25) is 4.99 Å². The second-order valence-electron chi connectivity index (χ2n) is 6.96. The SMILES string of the molecule is CC1CCC(N2c3ccccc3C=CC2c2c[nH]c3ccccc23)=N1. The van der Waals surface area contributed by atoms with Gasteiger partial charge in [-0.05, 0) is 31.0 Å². The van der Waals surface area contributed by atoms with Crippen LogP contribution in [0.15, 0.2) is 65.8 Å². The molecule has 0 amide bonds. The van der Waals surface area contributed by atoms with Gasteiger partial charge in [-0.2, -0.15) is 0 Å². The van der Waals surface area contributed by atoms with Crippen LogP contribution in [0.5, 0.6) is 0 Å². The molecule has 3 heterocycles. The van der Waals surface area contributed by atoms with Crippen LogP contribution in [0, 0.1) is 0 Å². The summed E-state index contributed by atoms with van der Waals surface area (Å²) in [6.07, 6.45) is 8.89. The minimum absolute atomic E-state index is 0.176. The van der Waals surface area contributed by atoms with Crippen molar-refractivity contribution in [3.8, 4) is 0 Å². The van der Waals surface area contributed by atoms with Gasteiger partial charge in [0.2, 0.25) is 0 Å². The lowest BCUT2D eigenvalue weighted by Crippen LogP contribution is -2.35. The van der Waals surface area contributed by atoms with E-state index >= 15 is 0 Å². The average molecular weight is 327 g/mol. The van der Waals surface area contributed by atoms with Crippen molar-refractivity contribution in [1.82, 2.24) is 4.98 Å². The summed E-state index contributed by atoms with van der Waals surface area (Å²) < 4.78 is 0. The van der Waals surface area contributed by atoms with Crippen molar-refractivity contribution >= 4 is 28.5 Å². The fraction of sp³-hybridized carbons (Fsp3) is 0.227. The summed E-state index contributed by atoms with van der Waals surface area (Å²) in [5.41, 5.74) is 5.02. The van der Waals surface area contributed by atoms with Gasteiger partial charge in [0, 0.05) is 35.1 Å². The molecule has 124 valence electrons. The normalized spacial score (nSPS) is 22.3. The predicted octanol–water partition coefficient (Wildman–Crippen LogP) is 5.32. The van der Waals surface area contributed by atoms with Crippen molar-refractivity contribution in [3.05, 3.63) is 71.9 Å². The van der Waals surface area contributed by atoms with Crippen LogP contribution < -0.4 is 4.90 Å². The quantitative estimate of drug-likeness (QED) is 0.644. The van der Waals surface area contributed by atoms with Gasteiger partial charge in [0.25, 0.3) is 0 Å². The Balaban J connectivity index is 1.69. The summed E-state index contributed by atoms with van der Waals surface area (Å²) >= 11 is 0. The molecular weight excluding hydrogens is 306 g/mol. The molecule has 1 N–H and O–H groups in total. The maximum absolute atomic E-state index is 4.95. The minimum Gasteiger partial charge on any atom is -0.361 e.